The maximum atomic E-state index is 11.2. The van der Waals surface area contributed by atoms with Crippen LogP contribution >= 0.6 is 0 Å². The second-order valence-electron chi connectivity index (χ2n) is 3.40. The molecule has 0 unspecified atom stereocenters. The van der Waals surface area contributed by atoms with Gasteiger partial charge >= 0.3 is 12.0 Å². The summed E-state index contributed by atoms with van der Waals surface area (Å²) >= 11 is 0. The highest BCUT2D eigenvalue weighted by Crippen LogP contribution is 2.11. The van der Waals surface area contributed by atoms with E-state index >= 15 is 0 Å². The first kappa shape index (κ1) is 9.52. The number of aliphatic carboxylic acids is 1. The summed E-state index contributed by atoms with van der Waals surface area (Å²) in [6.45, 7) is 0. The van der Waals surface area contributed by atoms with E-state index in [2.05, 4.69) is 20.2 Å². The number of carboxylic acids is 1. The van der Waals surface area contributed by atoms with Crippen molar-refractivity contribution in [3.63, 3.8) is 0 Å². The van der Waals surface area contributed by atoms with Gasteiger partial charge in [-0.15, -0.1) is 0 Å². The van der Waals surface area contributed by atoms with Gasteiger partial charge < -0.3 is 5.11 Å². The summed E-state index contributed by atoms with van der Waals surface area (Å²) in [6.07, 6.45) is 1.44. The molecule has 0 atom stereocenters. The van der Waals surface area contributed by atoms with E-state index in [1.54, 1.807) is 6.07 Å². The van der Waals surface area contributed by atoms with E-state index in [0.29, 0.717) is 16.5 Å². The van der Waals surface area contributed by atoms with Crippen molar-refractivity contribution in [1.29, 1.82) is 0 Å². The molecule has 1 aromatic rings. The first-order chi connectivity index (χ1) is 8.16. The number of hydrogen-bond donors (Lipinski definition) is 1. The Morgan fingerprint density at radius 1 is 1.24 bits per heavy atom. The van der Waals surface area contributed by atoms with Crippen molar-refractivity contribution in [3.8, 4) is 0 Å². The lowest BCUT2D eigenvalue weighted by atomic mass is 10.1. The molecule has 1 aromatic carbocycles. The normalized spacial score (nSPS) is 15.5. The lowest BCUT2D eigenvalue weighted by molar-refractivity contribution is -0.129. The van der Waals surface area contributed by atoms with Crippen molar-refractivity contribution in [2.75, 3.05) is 0 Å². The van der Waals surface area contributed by atoms with Crippen LogP contribution in [-0.4, -0.2) is 22.8 Å². The van der Waals surface area contributed by atoms with E-state index in [9.17, 15) is 9.59 Å². The quantitative estimate of drug-likeness (QED) is 0.739. The molecule has 82 valence electrons. The fourth-order valence-corrected chi connectivity index (χ4v) is 1.71. The van der Waals surface area contributed by atoms with E-state index in [-0.39, 0.29) is 11.1 Å². The SMILES string of the molecule is O=C1N=C(C(=O)O)c2ccc3c(c2=N1)=CN=N3. The smallest absolute Gasteiger partial charge is 0.368 e. The minimum absolute atomic E-state index is 0.268. The summed E-state index contributed by atoms with van der Waals surface area (Å²) in [6, 6.07) is 2.31. The van der Waals surface area contributed by atoms with Gasteiger partial charge in [0.15, 0.2) is 5.71 Å². The van der Waals surface area contributed by atoms with Gasteiger partial charge in [0.1, 0.15) is 0 Å². The van der Waals surface area contributed by atoms with Gasteiger partial charge in [0.2, 0.25) is 0 Å². The minimum Gasteiger partial charge on any atom is -0.476 e. The number of urea groups is 1. The van der Waals surface area contributed by atoms with Crippen LogP contribution in [0.4, 0.5) is 10.5 Å². The maximum absolute atomic E-state index is 11.2. The van der Waals surface area contributed by atoms with Gasteiger partial charge in [0, 0.05) is 10.8 Å². The second-order valence-corrected chi connectivity index (χ2v) is 3.40. The molecular weight excluding hydrogens is 224 g/mol. The fraction of sp³-hybridized carbons (Fsp3) is 0. The van der Waals surface area contributed by atoms with Gasteiger partial charge in [-0.3, -0.25) is 0 Å². The Morgan fingerprint density at radius 3 is 2.82 bits per heavy atom. The van der Waals surface area contributed by atoms with Crippen LogP contribution in [0.25, 0.3) is 6.20 Å². The zero-order chi connectivity index (χ0) is 12.0. The number of fused-ring (bicyclic) bond motifs is 3. The van der Waals surface area contributed by atoms with E-state index in [0.717, 1.165) is 0 Å². The average Bonchev–Trinajstić information content (AvgIpc) is 2.76. The summed E-state index contributed by atoms with van der Waals surface area (Å²) in [5, 5.41) is 17.3. The molecule has 1 N–H and O–H groups in total. The van der Waals surface area contributed by atoms with Gasteiger partial charge in [-0.05, 0) is 12.1 Å². The third-order valence-electron chi connectivity index (χ3n) is 2.42. The lowest BCUT2D eigenvalue weighted by Crippen LogP contribution is -2.37. The van der Waals surface area contributed by atoms with Crippen molar-refractivity contribution < 1.29 is 14.7 Å². The molecule has 2 aliphatic rings. The predicted octanol–water partition coefficient (Wildman–Crippen LogP) is 0.149. The molecule has 0 saturated heterocycles. The molecule has 0 fully saturated rings. The standard InChI is InChI=1S/C10H4N4O3/c15-9(16)8-4-1-2-6-5(3-11-14-6)7(4)12-10(17)13-8/h1-3H,(H,15,16). The highest BCUT2D eigenvalue weighted by Gasteiger charge is 2.22. The number of hydrogen-bond acceptors (Lipinski definition) is 4. The number of carbonyl (C=O) groups excluding carboxylic acids is 1. The third kappa shape index (κ3) is 1.29. The van der Waals surface area contributed by atoms with Crippen molar-refractivity contribution >= 4 is 29.6 Å². The zero-order valence-electron chi connectivity index (χ0n) is 8.28. The number of amides is 2. The number of benzene rings is 1. The monoisotopic (exact) mass is 228 g/mol. The second kappa shape index (κ2) is 3.14. The van der Waals surface area contributed by atoms with Crippen LogP contribution in [0.2, 0.25) is 0 Å². The molecule has 17 heavy (non-hydrogen) atoms. The van der Waals surface area contributed by atoms with Crippen molar-refractivity contribution in [1.82, 2.24) is 0 Å². The zero-order valence-corrected chi connectivity index (χ0v) is 8.28. The lowest BCUT2D eigenvalue weighted by Gasteiger charge is -2.06. The van der Waals surface area contributed by atoms with Crippen LogP contribution in [-0.2, 0) is 4.79 Å². The molecule has 7 heteroatoms. The van der Waals surface area contributed by atoms with Crippen LogP contribution in [0.5, 0.6) is 0 Å². The minimum atomic E-state index is -1.26. The molecule has 0 aromatic heterocycles. The molecule has 2 amide bonds. The van der Waals surface area contributed by atoms with E-state index in [1.165, 1.54) is 12.3 Å². The van der Waals surface area contributed by atoms with Gasteiger partial charge in [0.05, 0.1) is 17.2 Å². The summed E-state index contributed by atoms with van der Waals surface area (Å²) < 4.78 is 0. The molecule has 3 rings (SSSR count). The third-order valence-corrected chi connectivity index (χ3v) is 2.42. The van der Waals surface area contributed by atoms with Gasteiger partial charge in [-0.25, -0.2) is 9.59 Å². The maximum Gasteiger partial charge on any atom is 0.368 e. The first-order valence-corrected chi connectivity index (χ1v) is 4.66. The van der Waals surface area contributed by atoms with Gasteiger partial charge in [-0.2, -0.15) is 20.2 Å². The molecule has 2 heterocycles. The molecule has 0 spiro atoms. The first-order valence-electron chi connectivity index (χ1n) is 4.66. The largest absolute Gasteiger partial charge is 0.476 e. The van der Waals surface area contributed by atoms with Crippen LogP contribution < -0.4 is 10.6 Å². The van der Waals surface area contributed by atoms with Crippen LogP contribution in [0.3, 0.4) is 0 Å². The van der Waals surface area contributed by atoms with E-state index in [1.807, 2.05) is 0 Å². The average molecular weight is 228 g/mol. The summed E-state index contributed by atoms with van der Waals surface area (Å²) in [5.41, 5.74) is 0.564. The Kier molecular flexibility index (Phi) is 1.76. The van der Waals surface area contributed by atoms with Crippen molar-refractivity contribution in [3.05, 3.63) is 28.3 Å². The van der Waals surface area contributed by atoms with Crippen LogP contribution in [0.1, 0.15) is 5.56 Å². The van der Waals surface area contributed by atoms with Crippen LogP contribution in [0, 0.1) is 0 Å². The summed E-state index contributed by atoms with van der Waals surface area (Å²) in [5.74, 6) is -1.26. The molecule has 0 radical (unpaired) electrons. The number of carboxylic acid groups (broad SMARTS) is 1. The Bertz CT molecular complexity index is 746. The van der Waals surface area contributed by atoms with E-state index < -0.39 is 12.0 Å². The van der Waals surface area contributed by atoms with Crippen molar-refractivity contribution in [2.24, 2.45) is 20.2 Å². The molecule has 7 nitrogen and oxygen atoms in total. The Hall–Kier alpha value is -2.70. The van der Waals surface area contributed by atoms with Crippen molar-refractivity contribution in [2.45, 2.75) is 0 Å². The number of nitrogens with zero attached hydrogens (tertiary/aromatic N) is 4. The number of aliphatic imine (C=N–C) groups is 1. The summed E-state index contributed by atoms with van der Waals surface area (Å²) in [4.78, 5) is 29.3. The number of carbonyl (C=O) groups is 2. The molecule has 2 aliphatic heterocycles. The Morgan fingerprint density at radius 2 is 2.06 bits per heavy atom. The topological polar surface area (TPSA) is 104 Å². The molecule has 0 bridgehead atoms. The Labute approximate surface area is 93.5 Å². The van der Waals surface area contributed by atoms with Gasteiger partial charge in [-0.1, -0.05) is 0 Å². The van der Waals surface area contributed by atoms with E-state index in [4.69, 9.17) is 5.11 Å². The molecular formula is C10H4N4O3. The fourth-order valence-electron chi connectivity index (χ4n) is 1.71. The molecule has 0 saturated carbocycles. The number of azo groups is 1. The predicted molar refractivity (Wildman–Crippen MR) is 55.8 cm³/mol. The number of rotatable bonds is 1. The van der Waals surface area contributed by atoms with Crippen LogP contribution in [0.15, 0.2) is 32.3 Å². The molecule has 0 aliphatic carbocycles. The summed E-state index contributed by atoms with van der Waals surface area (Å²) in [7, 11) is 0. The van der Waals surface area contributed by atoms with Gasteiger partial charge in [0.25, 0.3) is 0 Å². The highest BCUT2D eigenvalue weighted by atomic mass is 16.4. The Balaban J connectivity index is 2.43. The highest BCUT2D eigenvalue weighted by molar-refractivity contribution is 6.44.